The molecule has 2 aromatic rings. The number of nitrogens with one attached hydrogen (secondary N) is 1. The van der Waals surface area contributed by atoms with E-state index >= 15 is 0 Å². The summed E-state index contributed by atoms with van der Waals surface area (Å²) < 4.78 is 17.9. The van der Waals surface area contributed by atoms with Crippen LogP contribution in [0.15, 0.2) is 54.6 Å². The summed E-state index contributed by atoms with van der Waals surface area (Å²) in [5, 5.41) is 2.55. The summed E-state index contributed by atoms with van der Waals surface area (Å²) >= 11 is 0. The van der Waals surface area contributed by atoms with Crippen LogP contribution in [0.25, 0.3) is 6.08 Å². The van der Waals surface area contributed by atoms with Gasteiger partial charge in [-0.15, -0.1) is 0 Å². The molecule has 0 aliphatic heterocycles. The smallest absolute Gasteiger partial charge is 0.331 e. The van der Waals surface area contributed by atoms with Crippen molar-refractivity contribution >= 4 is 23.6 Å². The van der Waals surface area contributed by atoms with Gasteiger partial charge in [0.2, 0.25) is 0 Å². The highest BCUT2D eigenvalue weighted by Crippen LogP contribution is 2.10. The lowest BCUT2D eigenvalue weighted by Crippen LogP contribution is -2.29. The van der Waals surface area contributed by atoms with Crippen molar-refractivity contribution in [2.45, 2.75) is 20.0 Å². The Kier molecular flexibility index (Phi) is 5.84. The van der Waals surface area contributed by atoms with Gasteiger partial charge in [-0.2, -0.15) is 0 Å². The topological polar surface area (TPSA) is 55.4 Å². The van der Waals surface area contributed by atoms with Crippen LogP contribution in [0, 0.1) is 12.7 Å². The fourth-order valence-corrected chi connectivity index (χ4v) is 1.89. The van der Waals surface area contributed by atoms with Crippen molar-refractivity contribution in [3.8, 4) is 0 Å². The van der Waals surface area contributed by atoms with E-state index in [2.05, 4.69) is 5.32 Å². The van der Waals surface area contributed by atoms with Gasteiger partial charge in [-0.05, 0) is 49.8 Å². The fraction of sp³-hybridized carbons (Fsp3) is 0.158. The van der Waals surface area contributed by atoms with Crippen LogP contribution in [-0.4, -0.2) is 18.0 Å². The summed E-state index contributed by atoms with van der Waals surface area (Å²) in [5.41, 5.74) is 2.42. The third kappa shape index (κ3) is 5.35. The summed E-state index contributed by atoms with van der Waals surface area (Å²) in [6.45, 7) is 3.44. The number of benzene rings is 2. The number of esters is 1. The number of hydrogen-bond donors (Lipinski definition) is 1. The van der Waals surface area contributed by atoms with E-state index in [-0.39, 0.29) is 0 Å². The number of amides is 1. The predicted molar refractivity (Wildman–Crippen MR) is 90.8 cm³/mol. The Morgan fingerprint density at radius 1 is 1.08 bits per heavy atom. The molecular weight excluding hydrogens is 309 g/mol. The standard InChI is InChI=1S/C19H18FNO3/c1-13-3-5-15(6-4-13)7-12-18(22)24-14(2)19(23)21-17-10-8-16(20)9-11-17/h3-12,14H,1-2H3,(H,21,23)/b12-7+/t14-/m0/s1. The van der Waals surface area contributed by atoms with Gasteiger partial charge in [0.05, 0.1) is 0 Å². The van der Waals surface area contributed by atoms with Crippen LogP contribution < -0.4 is 5.32 Å². The molecule has 0 aliphatic rings. The quantitative estimate of drug-likeness (QED) is 0.673. The highest BCUT2D eigenvalue weighted by Gasteiger charge is 2.16. The predicted octanol–water partition coefficient (Wildman–Crippen LogP) is 3.72. The van der Waals surface area contributed by atoms with E-state index in [0.29, 0.717) is 5.69 Å². The zero-order valence-corrected chi connectivity index (χ0v) is 13.5. The molecule has 0 fully saturated rings. The van der Waals surface area contributed by atoms with Crippen LogP contribution in [0.3, 0.4) is 0 Å². The van der Waals surface area contributed by atoms with Crippen molar-refractivity contribution < 1.29 is 18.7 Å². The molecule has 124 valence electrons. The van der Waals surface area contributed by atoms with Gasteiger partial charge >= 0.3 is 5.97 Å². The second-order valence-corrected chi connectivity index (χ2v) is 5.32. The SMILES string of the molecule is Cc1ccc(/C=C/C(=O)O[C@@H](C)C(=O)Nc2ccc(F)cc2)cc1. The number of carbonyl (C=O) groups is 2. The molecule has 1 atom stereocenters. The summed E-state index contributed by atoms with van der Waals surface area (Å²) in [6, 6.07) is 13.0. The Balaban J connectivity index is 1.87. The third-order valence-corrected chi connectivity index (χ3v) is 3.26. The van der Waals surface area contributed by atoms with E-state index in [1.807, 2.05) is 31.2 Å². The zero-order chi connectivity index (χ0) is 17.5. The summed E-state index contributed by atoms with van der Waals surface area (Å²) in [4.78, 5) is 23.7. The van der Waals surface area contributed by atoms with Gasteiger partial charge in [-0.3, -0.25) is 4.79 Å². The number of ether oxygens (including phenoxy) is 1. The van der Waals surface area contributed by atoms with Crippen LogP contribution in [-0.2, 0) is 14.3 Å². The summed E-state index contributed by atoms with van der Waals surface area (Å²) in [6.07, 6.45) is 1.92. The van der Waals surface area contributed by atoms with Crippen molar-refractivity contribution in [2.75, 3.05) is 5.32 Å². The number of aryl methyl sites for hydroxylation is 1. The number of rotatable bonds is 5. The molecule has 0 aromatic heterocycles. The lowest BCUT2D eigenvalue weighted by Gasteiger charge is -2.12. The molecule has 0 radical (unpaired) electrons. The number of halogens is 1. The maximum Gasteiger partial charge on any atom is 0.331 e. The molecule has 2 rings (SSSR count). The Hall–Kier alpha value is -2.95. The molecule has 24 heavy (non-hydrogen) atoms. The van der Waals surface area contributed by atoms with E-state index < -0.39 is 23.8 Å². The maximum atomic E-state index is 12.8. The summed E-state index contributed by atoms with van der Waals surface area (Å²) in [7, 11) is 0. The molecule has 0 aliphatic carbocycles. The normalized spacial score (nSPS) is 12.0. The van der Waals surface area contributed by atoms with Crippen LogP contribution in [0.1, 0.15) is 18.1 Å². The maximum absolute atomic E-state index is 12.8. The highest BCUT2D eigenvalue weighted by atomic mass is 19.1. The molecule has 0 saturated heterocycles. The van der Waals surface area contributed by atoms with Crippen LogP contribution in [0.5, 0.6) is 0 Å². The Morgan fingerprint density at radius 2 is 1.71 bits per heavy atom. The van der Waals surface area contributed by atoms with Crippen molar-refractivity contribution in [3.05, 3.63) is 71.6 Å². The van der Waals surface area contributed by atoms with E-state index in [1.54, 1.807) is 6.08 Å². The fourth-order valence-electron chi connectivity index (χ4n) is 1.89. The average Bonchev–Trinajstić information content (AvgIpc) is 2.56. The second-order valence-electron chi connectivity index (χ2n) is 5.32. The second kappa shape index (κ2) is 8.06. The lowest BCUT2D eigenvalue weighted by molar-refractivity contribution is -0.148. The highest BCUT2D eigenvalue weighted by molar-refractivity contribution is 5.96. The third-order valence-electron chi connectivity index (χ3n) is 3.26. The number of carbonyl (C=O) groups excluding carboxylic acids is 2. The lowest BCUT2D eigenvalue weighted by atomic mass is 10.1. The van der Waals surface area contributed by atoms with E-state index in [1.165, 1.54) is 37.3 Å². The molecule has 1 amide bonds. The molecule has 5 heteroatoms. The van der Waals surface area contributed by atoms with Gasteiger partial charge in [-0.25, -0.2) is 9.18 Å². The molecule has 2 aromatic carbocycles. The first-order valence-corrected chi connectivity index (χ1v) is 7.46. The summed E-state index contributed by atoms with van der Waals surface area (Å²) in [5.74, 6) is -1.50. The first kappa shape index (κ1) is 17.4. The molecule has 0 spiro atoms. The van der Waals surface area contributed by atoms with Gasteiger partial charge in [-0.1, -0.05) is 29.8 Å². The Labute approximate surface area is 140 Å². The minimum atomic E-state index is -0.967. The Morgan fingerprint density at radius 3 is 2.33 bits per heavy atom. The van der Waals surface area contributed by atoms with E-state index in [4.69, 9.17) is 4.74 Å². The van der Waals surface area contributed by atoms with E-state index in [9.17, 15) is 14.0 Å². The molecule has 0 saturated carbocycles. The largest absolute Gasteiger partial charge is 0.449 e. The van der Waals surface area contributed by atoms with Crippen molar-refractivity contribution in [1.82, 2.24) is 0 Å². The average molecular weight is 327 g/mol. The van der Waals surface area contributed by atoms with Crippen molar-refractivity contribution in [3.63, 3.8) is 0 Å². The monoisotopic (exact) mass is 327 g/mol. The minimum absolute atomic E-state index is 0.395. The molecule has 4 nitrogen and oxygen atoms in total. The molecule has 1 N–H and O–H groups in total. The van der Waals surface area contributed by atoms with Crippen molar-refractivity contribution in [1.29, 1.82) is 0 Å². The first-order chi connectivity index (χ1) is 11.4. The van der Waals surface area contributed by atoms with Crippen LogP contribution in [0.4, 0.5) is 10.1 Å². The number of hydrogen-bond acceptors (Lipinski definition) is 3. The van der Waals surface area contributed by atoms with Gasteiger partial charge in [0.15, 0.2) is 6.10 Å². The molecule has 0 unspecified atom stereocenters. The zero-order valence-electron chi connectivity index (χ0n) is 13.5. The van der Waals surface area contributed by atoms with Gasteiger partial charge in [0.1, 0.15) is 5.82 Å². The van der Waals surface area contributed by atoms with Crippen molar-refractivity contribution in [2.24, 2.45) is 0 Å². The molecule has 0 heterocycles. The minimum Gasteiger partial charge on any atom is -0.449 e. The Bertz CT molecular complexity index is 736. The molecule has 0 bridgehead atoms. The van der Waals surface area contributed by atoms with E-state index in [0.717, 1.165) is 11.1 Å². The first-order valence-electron chi connectivity index (χ1n) is 7.46. The molecular formula is C19H18FNO3. The van der Waals surface area contributed by atoms with Gasteiger partial charge < -0.3 is 10.1 Å². The van der Waals surface area contributed by atoms with Crippen LogP contribution in [0.2, 0.25) is 0 Å². The van der Waals surface area contributed by atoms with Gasteiger partial charge in [0.25, 0.3) is 5.91 Å². The van der Waals surface area contributed by atoms with Gasteiger partial charge in [0, 0.05) is 11.8 Å². The van der Waals surface area contributed by atoms with Crippen LogP contribution >= 0.6 is 0 Å². The number of anilines is 1.